The zero-order valence-corrected chi connectivity index (χ0v) is 14.1. The van der Waals surface area contributed by atoms with Gasteiger partial charge in [-0.25, -0.2) is 0 Å². The molecule has 118 valence electrons. The minimum atomic E-state index is 0.556. The largest absolute Gasteiger partial charge is 0.378 e. The third-order valence-corrected chi connectivity index (χ3v) is 5.68. The molecule has 0 spiro atoms. The molecule has 2 aliphatic rings. The van der Waals surface area contributed by atoms with E-state index in [1.807, 2.05) is 0 Å². The Hall–Kier alpha value is 0.230. The summed E-state index contributed by atoms with van der Waals surface area (Å²) in [4.78, 5) is 2.57. The van der Waals surface area contributed by atoms with Crippen molar-refractivity contribution in [1.29, 1.82) is 0 Å². The molecular weight excluding hydrogens is 268 g/mol. The van der Waals surface area contributed by atoms with Crippen molar-refractivity contribution in [2.75, 3.05) is 38.2 Å². The number of rotatable bonds is 8. The summed E-state index contributed by atoms with van der Waals surface area (Å²) in [6.45, 7) is 5.64. The maximum Gasteiger partial charge on any atom is 0.0576 e. The van der Waals surface area contributed by atoms with Gasteiger partial charge in [-0.3, -0.25) is 0 Å². The van der Waals surface area contributed by atoms with Crippen LogP contribution in [-0.2, 0) is 4.74 Å². The van der Waals surface area contributed by atoms with Crippen molar-refractivity contribution in [3.63, 3.8) is 0 Å². The molecular formula is C16H32N2OS. The highest BCUT2D eigenvalue weighted by molar-refractivity contribution is 7.99. The molecule has 0 amide bonds. The minimum absolute atomic E-state index is 0.556. The molecule has 1 N–H and O–H groups in total. The van der Waals surface area contributed by atoms with Gasteiger partial charge in [-0.05, 0) is 52.1 Å². The Morgan fingerprint density at radius 2 is 2.35 bits per heavy atom. The predicted octanol–water partition coefficient (Wildman–Crippen LogP) is 2.75. The Kier molecular flexibility index (Phi) is 7.71. The van der Waals surface area contributed by atoms with E-state index in [1.165, 1.54) is 56.6 Å². The lowest BCUT2D eigenvalue weighted by Crippen LogP contribution is -2.52. The molecule has 0 saturated carbocycles. The number of hydrogen-bond donors (Lipinski definition) is 1. The lowest BCUT2D eigenvalue weighted by Gasteiger charge is -2.38. The van der Waals surface area contributed by atoms with Gasteiger partial charge >= 0.3 is 0 Å². The zero-order chi connectivity index (χ0) is 14.2. The molecule has 0 aromatic heterocycles. The zero-order valence-electron chi connectivity index (χ0n) is 13.3. The number of ether oxygens (including phenoxy) is 1. The van der Waals surface area contributed by atoms with Crippen molar-refractivity contribution in [1.82, 2.24) is 10.2 Å². The molecule has 3 unspecified atom stereocenters. The van der Waals surface area contributed by atoms with Crippen LogP contribution in [0.5, 0.6) is 0 Å². The summed E-state index contributed by atoms with van der Waals surface area (Å²) in [5.74, 6) is 2.58. The first-order valence-electron chi connectivity index (χ1n) is 8.44. The second-order valence-electron chi connectivity index (χ2n) is 6.25. The first-order chi connectivity index (χ1) is 9.81. The first-order valence-corrected chi connectivity index (χ1v) is 9.59. The molecule has 2 fully saturated rings. The normalized spacial score (nSPS) is 29.7. The van der Waals surface area contributed by atoms with Crippen LogP contribution in [-0.4, -0.2) is 61.3 Å². The molecule has 0 aliphatic carbocycles. The molecule has 2 saturated heterocycles. The van der Waals surface area contributed by atoms with Crippen molar-refractivity contribution >= 4 is 11.8 Å². The number of nitrogens with zero attached hydrogens (tertiary/aromatic N) is 1. The molecule has 0 aromatic carbocycles. The van der Waals surface area contributed by atoms with Gasteiger partial charge in [0.25, 0.3) is 0 Å². The van der Waals surface area contributed by atoms with Crippen LogP contribution in [0.25, 0.3) is 0 Å². The average Bonchev–Trinajstić information content (AvgIpc) is 2.97. The maximum absolute atomic E-state index is 5.75. The maximum atomic E-state index is 5.75. The molecule has 20 heavy (non-hydrogen) atoms. The first kappa shape index (κ1) is 16.6. The molecule has 3 atom stereocenters. The lowest BCUT2D eigenvalue weighted by atomic mass is 9.99. The second kappa shape index (κ2) is 9.29. The monoisotopic (exact) mass is 300 g/mol. The lowest BCUT2D eigenvalue weighted by molar-refractivity contribution is 0.0995. The summed E-state index contributed by atoms with van der Waals surface area (Å²) >= 11 is 2.12. The predicted molar refractivity (Wildman–Crippen MR) is 88.6 cm³/mol. The van der Waals surface area contributed by atoms with E-state index in [0.717, 1.165) is 13.2 Å². The smallest absolute Gasteiger partial charge is 0.0576 e. The van der Waals surface area contributed by atoms with Crippen LogP contribution < -0.4 is 5.32 Å². The quantitative estimate of drug-likeness (QED) is 0.745. The van der Waals surface area contributed by atoms with Crippen LogP contribution in [0.4, 0.5) is 0 Å². The van der Waals surface area contributed by atoms with Gasteiger partial charge in [0.1, 0.15) is 0 Å². The van der Waals surface area contributed by atoms with Gasteiger partial charge in [0.05, 0.1) is 6.10 Å². The van der Waals surface area contributed by atoms with E-state index in [-0.39, 0.29) is 0 Å². The van der Waals surface area contributed by atoms with Gasteiger partial charge in [0, 0.05) is 36.7 Å². The molecule has 0 aromatic rings. The third kappa shape index (κ3) is 5.21. The van der Waals surface area contributed by atoms with E-state index in [2.05, 4.69) is 35.9 Å². The summed E-state index contributed by atoms with van der Waals surface area (Å²) in [7, 11) is 2.30. The van der Waals surface area contributed by atoms with Crippen molar-refractivity contribution < 1.29 is 4.74 Å². The number of thioether (sulfide) groups is 1. The molecule has 2 rings (SSSR count). The number of hydrogen-bond acceptors (Lipinski definition) is 4. The molecule has 3 nitrogen and oxygen atoms in total. The molecule has 4 heteroatoms. The Morgan fingerprint density at radius 1 is 1.45 bits per heavy atom. The van der Waals surface area contributed by atoms with Crippen LogP contribution in [0.3, 0.4) is 0 Å². The Bertz CT molecular complexity index is 259. The summed E-state index contributed by atoms with van der Waals surface area (Å²) in [5.41, 5.74) is 0. The molecule has 2 aliphatic heterocycles. The summed E-state index contributed by atoms with van der Waals surface area (Å²) in [6, 6.07) is 1.37. The summed E-state index contributed by atoms with van der Waals surface area (Å²) in [6.07, 6.45) is 8.20. The third-order valence-electron chi connectivity index (χ3n) is 4.63. The standard InChI is InChI=1S/C16H32N2OS/c1-3-9-17-15(16-13-20-12-10-18(16)2)8-4-6-14-7-5-11-19-14/h14-17H,3-13H2,1-2H3. The van der Waals surface area contributed by atoms with Crippen LogP contribution in [0.2, 0.25) is 0 Å². The van der Waals surface area contributed by atoms with Crippen LogP contribution in [0.15, 0.2) is 0 Å². The van der Waals surface area contributed by atoms with Gasteiger partial charge in [0.2, 0.25) is 0 Å². The minimum Gasteiger partial charge on any atom is -0.378 e. The van der Waals surface area contributed by atoms with Crippen LogP contribution >= 0.6 is 11.8 Å². The topological polar surface area (TPSA) is 24.5 Å². The molecule has 2 heterocycles. The number of likely N-dealkylation sites (N-methyl/N-ethyl adjacent to an activating group) is 1. The SMILES string of the molecule is CCCNC(CCCC1CCCO1)C1CSCCN1C. The van der Waals surface area contributed by atoms with Crippen LogP contribution in [0, 0.1) is 0 Å². The average molecular weight is 301 g/mol. The summed E-state index contributed by atoms with van der Waals surface area (Å²) in [5, 5.41) is 3.80. The van der Waals surface area contributed by atoms with E-state index in [0.29, 0.717) is 18.2 Å². The second-order valence-corrected chi connectivity index (χ2v) is 7.40. The van der Waals surface area contributed by atoms with Crippen molar-refractivity contribution in [3.05, 3.63) is 0 Å². The van der Waals surface area contributed by atoms with Crippen LogP contribution in [0.1, 0.15) is 45.4 Å². The van der Waals surface area contributed by atoms with E-state index < -0.39 is 0 Å². The Labute approximate surface area is 129 Å². The number of nitrogens with one attached hydrogen (secondary N) is 1. The van der Waals surface area contributed by atoms with Crippen molar-refractivity contribution in [2.45, 2.75) is 63.6 Å². The van der Waals surface area contributed by atoms with Crippen molar-refractivity contribution in [2.24, 2.45) is 0 Å². The van der Waals surface area contributed by atoms with E-state index in [1.54, 1.807) is 0 Å². The van der Waals surface area contributed by atoms with E-state index in [9.17, 15) is 0 Å². The Morgan fingerprint density at radius 3 is 3.05 bits per heavy atom. The summed E-state index contributed by atoms with van der Waals surface area (Å²) < 4.78 is 5.75. The van der Waals surface area contributed by atoms with Gasteiger partial charge in [-0.2, -0.15) is 11.8 Å². The van der Waals surface area contributed by atoms with E-state index in [4.69, 9.17) is 4.74 Å². The van der Waals surface area contributed by atoms with Gasteiger partial charge in [-0.15, -0.1) is 0 Å². The fraction of sp³-hybridized carbons (Fsp3) is 1.00. The molecule has 0 bridgehead atoms. The van der Waals surface area contributed by atoms with Gasteiger partial charge in [0.15, 0.2) is 0 Å². The highest BCUT2D eigenvalue weighted by atomic mass is 32.2. The highest BCUT2D eigenvalue weighted by Crippen LogP contribution is 2.22. The fourth-order valence-corrected chi connectivity index (χ4v) is 4.64. The molecule has 0 radical (unpaired) electrons. The van der Waals surface area contributed by atoms with Gasteiger partial charge in [-0.1, -0.05) is 6.92 Å². The van der Waals surface area contributed by atoms with Crippen molar-refractivity contribution in [3.8, 4) is 0 Å². The highest BCUT2D eigenvalue weighted by Gasteiger charge is 2.27. The Balaban J connectivity index is 1.75. The van der Waals surface area contributed by atoms with Gasteiger partial charge < -0.3 is 15.0 Å². The van der Waals surface area contributed by atoms with E-state index >= 15 is 0 Å². The fourth-order valence-electron chi connectivity index (χ4n) is 3.33.